The van der Waals surface area contributed by atoms with Gasteiger partial charge in [-0.2, -0.15) is 0 Å². The highest BCUT2D eigenvalue weighted by atomic mass is 19.1. The summed E-state index contributed by atoms with van der Waals surface area (Å²) in [5.41, 5.74) is 4.29. The van der Waals surface area contributed by atoms with Crippen molar-refractivity contribution in [2.45, 2.75) is 32.7 Å². The highest BCUT2D eigenvalue weighted by molar-refractivity contribution is 5.78. The van der Waals surface area contributed by atoms with Crippen LogP contribution in [0, 0.1) is 11.7 Å². The molecule has 6 nitrogen and oxygen atoms in total. The van der Waals surface area contributed by atoms with Gasteiger partial charge in [0.1, 0.15) is 11.6 Å². The molecule has 0 aliphatic carbocycles. The molecule has 0 amide bonds. The predicted octanol–water partition coefficient (Wildman–Crippen LogP) is 5.81. The van der Waals surface area contributed by atoms with Crippen molar-refractivity contribution in [2.24, 2.45) is 5.92 Å². The lowest BCUT2D eigenvalue weighted by atomic mass is 10.1. The van der Waals surface area contributed by atoms with Gasteiger partial charge >= 0.3 is 0 Å². The summed E-state index contributed by atoms with van der Waals surface area (Å²) in [5.74, 6) is 1.79. The summed E-state index contributed by atoms with van der Waals surface area (Å²) >= 11 is 0. The van der Waals surface area contributed by atoms with Gasteiger partial charge in [-0.15, -0.1) is 0 Å². The second-order valence-corrected chi connectivity index (χ2v) is 8.86. The third kappa shape index (κ3) is 4.59. The molecule has 1 unspecified atom stereocenters. The van der Waals surface area contributed by atoms with Gasteiger partial charge in [0.15, 0.2) is 0 Å². The molecule has 1 aromatic carbocycles. The van der Waals surface area contributed by atoms with E-state index in [4.69, 9.17) is 9.97 Å². The van der Waals surface area contributed by atoms with E-state index in [2.05, 4.69) is 45.9 Å². The lowest BCUT2D eigenvalue weighted by Gasteiger charge is -2.15. The lowest BCUT2D eigenvalue weighted by Crippen LogP contribution is -2.11. The molecule has 1 aliphatic rings. The van der Waals surface area contributed by atoms with Crippen LogP contribution in [0.1, 0.15) is 37.8 Å². The van der Waals surface area contributed by atoms with E-state index in [9.17, 15) is 4.39 Å². The van der Waals surface area contributed by atoms with Crippen molar-refractivity contribution in [1.29, 1.82) is 0 Å². The van der Waals surface area contributed by atoms with E-state index in [-0.39, 0.29) is 11.9 Å². The molecule has 0 saturated heterocycles. The van der Waals surface area contributed by atoms with Crippen LogP contribution in [0.2, 0.25) is 0 Å². The first-order valence-corrected chi connectivity index (χ1v) is 11.6. The molecule has 1 N–H and O–H groups in total. The first-order chi connectivity index (χ1) is 16.6. The van der Waals surface area contributed by atoms with Crippen LogP contribution in [-0.4, -0.2) is 31.0 Å². The minimum Gasteiger partial charge on any atom is -0.354 e. The van der Waals surface area contributed by atoms with Crippen molar-refractivity contribution >= 4 is 12.0 Å². The average Bonchev–Trinajstić information content (AvgIpc) is 3.42. The molecule has 3 aromatic heterocycles. The Hall–Kier alpha value is -3.87. The molecular weight excluding hydrogens is 427 g/mol. The molecule has 172 valence electrons. The monoisotopic (exact) mass is 454 g/mol. The number of anilines is 1. The van der Waals surface area contributed by atoms with Crippen molar-refractivity contribution in [2.75, 3.05) is 11.9 Å². The fourth-order valence-corrected chi connectivity index (χ4v) is 4.21. The van der Waals surface area contributed by atoms with Crippen molar-refractivity contribution in [3.05, 3.63) is 84.3 Å². The number of aryl methyl sites for hydroxylation is 1. The highest BCUT2D eigenvalue weighted by Gasteiger charge is 2.29. The molecule has 0 radical (unpaired) electrons. The molecule has 34 heavy (non-hydrogen) atoms. The maximum Gasteiger partial charge on any atom is 0.223 e. The van der Waals surface area contributed by atoms with Crippen LogP contribution in [-0.2, 0) is 6.42 Å². The SMILES string of the molecule is CC(C)CNc1nccc(-c2c(-c3ccc(F)cc3)nc3n2C(C=Cc2ccccn2)CC3)n1. The number of pyridine rings is 1. The van der Waals surface area contributed by atoms with Crippen LogP contribution < -0.4 is 5.32 Å². The summed E-state index contributed by atoms with van der Waals surface area (Å²) in [5, 5.41) is 3.31. The summed E-state index contributed by atoms with van der Waals surface area (Å²) in [6.07, 6.45) is 9.60. The number of hydrogen-bond donors (Lipinski definition) is 1. The van der Waals surface area contributed by atoms with E-state index in [1.54, 1.807) is 24.5 Å². The van der Waals surface area contributed by atoms with Crippen molar-refractivity contribution < 1.29 is 4.39 Å². The van der Waals surface area contributed by atoms with Crippen molar-refractivity contribution in [3.63, 3.8) is 0 Å². The molecule has 1 aliphatic heterocycles. The van der Waals surface area contributed by atoms with E-state index < -0.39 is 0 Å². The van der Waals surface area contributed by atoms with Crippen LogP contribution in [0.25, 0.3) is 28.7 Å². The zero-order valence-corrected chi connectivity index (χ0v) is 19.3. The molecule has 4 heterocycles. The number of benzene rings is 1. The van der Waals surface area contributed by atoms with Gasteiger partial charge in [-0.3, -0.25) is 4.98 Å². The average molecular weight is 455 g/mol. The molecule has 0 bridgehead atoms. The second kappa shape index (κ2) is 9.55. The Labute approximate surface area is 198 Å². The van der Waals surface area contributed by atoms with Crippen LogP contribution in [0.15, 0.2) is 67.0 Å². The highest BCUT2D eigenvalue weighted by Crippen LogP contribution is 2.39. The largest absolute Gasteiger partial charge is 0.354 e. The van der Waals surface area contributed by atoms with Crippen molar-refractivity contribution in [1.82, 2.24) is 24.5 Å². The van der Waals surface area contributed by atoms with E-state index in [1.807, 2.05) is 24.3 Å². The molecule has 1 atom stereocenters. The van der Waals surface area contributed by atoms with Gasteiger partial charge < -0.3 is 9.88 Å². The summed E-state index contributed by atoms with van der Waals surface area (Å²) < 4.78 is 15.9. The Morgan fingerprint density at radius 1 is 1.06 bits per heavy atom. The van der Waals surface area contributed by atoms with Gasteiger partial charge in [0, 0.05) is 30.9 Å². The third-order valence-electron chi connectivity index (χ3n) is 5.84. The zero-order valence-electron chi connectivity index (χ0n) is 19.3. The minimum atomic E-state index is -0.268. The molecule has 5 rings (SSSR count). The Kier molecular flexibility index (Phi) is 6.16. The zero-order chi connectivity index (χ0) is 23.5. The number of nitrogens with zero attached hydrogens (tertiary/aromatic N) is 5. The minimum absolute atomic E-state index is 0.121. The molecule has 4 aromatic rings. The standard InChI is InChI=1S/C27H27FN6/c1-18(2)17-31-27-30-16-14-23(32-27)26-25(19-6-8-20(28)9-7-19)33-24-13-12-22(34(24)26)11-10-21-5-3-4-15-29-21/h3-11,14-16,18,22H,12-13,17H2,1-2H3,(H,30,31,32). The first-order valence-electron chi connectivity index (χ1n) is 11.6. The number of allylic oxidation sites excluding steroid dienone is 1. The number of rotatable bonds is 7. The van der Waals surface area contributed by atoms with E-state index in [1.165, 1.54) is 12.1 Å². The summed E-state index contributed by atoms with van der Waals surface area (Å²) in [6, 6.07) is 14.4. The summed E-state index contributed by atoms with van der Waals surface area (Å²) in [4.78, 5) is 18.6. The van der Waals surface area contributed by atoms with E-state index in [0.717, 1.165) is 53.5 Å². The van der Waals surface area contributed by atoms with Gasteiger partial charge in [0.2, 0.25) is 5.95 Å². The van der Waals surface area contributed by atoms with Crippen LogP contribution in [0.3, 0.4) is 0 Å². The second-order valence-electron chi connectivity index (χ2n) is 8.86. The molecule has 0 fully saturated rings. The van der Waals surface area contributed by atoms with E-state index in [0.29, 0.717) is 11.9 Å². The molecule has 0 saturated carbocycles. The smallest absolute Gasteiger partial charge is 0.223 e. The first kappa shape index (κ1) is 21.9. The number of aromatic nitrogens is 5. The van der Waals surface area contributed by atoms with Gasteiger partial charge in [0.25, 0.3) is 0 Å². The summed E-state index contributed by atoms with van der Waals surface area (Å²) in [7, 11) is 0. The Bertz CT molecular complexity index is 1290. The fraction of sp³-hybridized carbons (Fsp3) is 0.259. The van der Waals surface area contributed by atoms with E-state index >= 15 is 0 Å². The lowest BCUT2D eigenvalue weighted by molar-refractivity contribution is 0.628. The number of hydrogen-bond acceptors (Lipinski definition) is 5. The number of imidazole rings is 1. The fourth-order valence-electron chi connectivity index (χ4n) is 4.21. The Morgan fingerprint density at radius 2 is 1.91 bits per heavy atom. The normalized spacial score (nSPS) is 15.2. The number of halogens is 1. The maximum atomic E-state index is 13.6. The number of nitrogens with one attached hydrogen (secondary N) is 1. The van der Waals surface area contributed by atoms with Gasteiger partial charge in [-0.25, -0.2) is 19.3 Å². The Balaban J connectivity index is 1.60. The predicted molar refractivity (Wildman–Crippen MR) is 133 cm³/mol. The van der Waals surface area contributed by atoms with Crippen LogP contribution >= 0.6 is 0 Å². The molecule has 7 heteroatoms. The topological polar surface area (TPSA) is 68.5 Å². The third-order valence-corrected chi connectivity index (χ3v) is 5.84. The van der Waals surface area contributed by atoms with Gasteiger partial charge in [0.05, 0.1) is 28.8 Å². The van der Waals surface area contributed by atoms with Crippen LogP contribution in [0.5, 0.6) is 0 Å². The van der Waals surface area contributed by atoms with Gasteiger partial charge in [-0.05, 0) is 60.9 Å². The maximum absolute atomic E-state index is 13.6. The summed E-state index contributed by atoms with van der Waals surface area (Å²) in [6.45, 7) is 5.08. The molecule has 0 spiro atoms. The quantitative estimate of drug-likeness (QED) is 0.382. The number of fused-ring (bicyclic) bond motifs is 1. The molecular formula is C27H27FN6. The van der Waals surface area contributed by atoms with Crippen LogP contribution in [0.4, 0.5) is 10.3 Å². The Morgan fingerprint density at radius 3 is 2.68 bits per heavy atom. The van der Waals surface area contributed by atoms with Gasteiger partial charge in [-0.1, -0.05) is 26.0 Å². The van der Waals surface area contributed by atoms with Crippen molar-refractivity contribution in [3.8, 4) is 22.6 Å².